The van der Waals surface area contributed by atoms with Gasteiger partial charge in [0.15, 0.2) is 0 Å². The Bertz CT molecular complexity index is 574. The van der Waals surface area contributed by atoms with Gasteiger partial charge in [-0.25, -0.2) is 4.79 Å². The molecule has 2 aliphatic rings. The van der Waals surface area contributed by atoms with E-state index in [1.54, 1.807) is 4.90 Å². The van der Waals surface area contributed by atoms with Crippen molar-refractivity contribution in [2.45, 2.75) is 46.0 Å². The summed E-state index contributed by atoms with van der Waals surface area (Å²) in [6, 6.07) is 6.55. The van der Waals surface area contributed by atoms with Crippen LogP contribution in [0.5, 0.6) is 0 Å². The topological polar surface area (TPSA) is 42.0 Å². The number of carbonyl (C=O) groups is 1. The maximum Gasteiger partial charge on any atom is 0.410 e. The van der Waals surface area contributed by atoms with Crippen LogP contribution in [0.1, 0.15) is 37.5 Å². The Balaban J connectivity index is 1.62. The van der Waals surface area contributed by atoms with E-state index in [-0.39, 0.29) is 6.09 Å². The maximum atomic E-state index is 12.2. The fourth-order valence-corrected chi connectivity index (χ4v) is 3.02. The third-order valence-corrected chi connectivity index (χ3v) is 4.15. The van der Waals surface area contributed by atoms with Crippen LogP contribution in [-0.2, 0) is 29.1 Å². The Kier molecular flexibility index (Phi) is 4.60. The summed E-state index contributed by atoms with van der Waals surface area (Å²) in [6.45, 7) is 11.5. The van der Waals surface area contributed by atoms with E-state index in [1.807, 2.05) is 20.8 Å². The average molecular weight is 318 g/mol. The molecule has 1 amide bonds. The Morgan fingerprint density at radius 2 is 1.87 bits per heavy atom. The minimum absolute atomic E-state index is 0.233. The summed E-state index contributed by atoms with van der Waals surface area (Å²) in [5, 5.41) is 0. The van der Waals surface area contributed by atoms with Gasteiger partial charge in [0, 0.05) is 32.7 Å². The van der Waals surface area contributed by atoms with E-state index in [2.05, 4.69) is 23.1 Å². The lowest BCUT2D eigenvalue weighted by Crippen LogP contribution is -2.35. The van der Waals surface area contributed by atoms with Gasteiger partial charge in [0.2, 0.25) is 0 Å². The first-order chi connectivity index (χ1) is 10.9. The molecule has 2 heterocycles. The fraction of sp³-hybridized carbons (Fsp3) is 0.611. The summed E-state index contributed by atoms with van der Waals surface area (Å²) in [4.78, 5) is 16.4. The molecule has 1 aromatic rings. The highest BCUT2D eigenvalue weighted by Gasteiger charge is 2.27. The van der Waals surface area contributed by atoms with Crippen LogP contribution in [0.25, 0.3) is 0 Å². The summed E-state index contributed by atoms with van der Waals surface area (Å²) >= 11 is 0. The van der Waals surface area contributed by atoms with Gasteiger partial charge in [-0.05, 0) is 37.5 Å². The summed E-state index contributed by atoms with van der Waals surface area (Å²) < 4.78 is 10.9. The Labute approximate surface area is 138 Å². The molecule has 126 valence electrons. The van der Waals surface area contributed by atoms with Crippen molar-refractivity contribution < 1.29 is 14.3 Å². The lowest BCUT2D eigenvalue weighted by molar-refractivity contribution is 0.0241. The van der Waals surface area contributed by atoms with E-state index in [0.717, 1.165) is 32.8 Å². The molecule has 1 fully saturated rings. The number of rotatable bonds is 2. The fourth-order valence-electron chi connectivity index (χ4n) is 3.02. The number of hydrogen-bond donors (Lipinski definition) is 0. The number of ether oxygens (including phenoxy) is 2. The lowest BCUT2D eigenvalue weighted by Gasteiger charge is -2.26. The predicted molar refractivity (Wildman–Crippen MR) is 88.0 cm³/mol. The molecule has 0 radical (unpaired) electrons. The number of nitrogens with zero attached hydrogens (tertiary/aromatic N) is 2. The maximum absolute atomic E-state index is 12.2. The Morgan fingerprint density at radius 1 is 1.17 bits per heavy atom. The molecule has 1 aromatic carbocycles. The first-order valence-electron chi connectivity index (χ1n) is 8.29. The smallest absolute Gasteiger partial charge is 0.410 e. The molecule has 0 bridgehead atoms. The van der Waals surface area contributed by atoms with E-state index >= 15 is 0 Å². The summed E-state index contributed by atoms with van der Waals surface area (Å²) in [7, 11) is 0. The first-order valence-corrected chi connectivity index (χ1v) is 8.29. The van der Waals surface area contributed by atoms with Crippen LogP contribution >= 0.6 is 0 Å². The molecule has 2 aliphatic heterocycles. The van der Waals surface area contributed by atoms with Crippen LogP contribution in [0, 0.1) is 0 Å². The highest BCUT2D eigenvalue weighted by atomic mass is 16.6. The second-order valence-electron chi connectivity index (χ2n) is 7.33. The summed E-state index contributed by atoms with van der Waals surface area (Å²) in [5.41, 5.74) is 3.31. The van der Waals surface area contributed by atoms with Crippen molar-refractivity contribution in [2.75, 3.05) is 26.3 Å². The number of benzene rings is 1. The van der Waals surface area contributed by atoms with Gasteiger partial charge in [-0.15, -0.1) is 0 Å². The number of fused-ring (bicyclic) bond motifs is 1. The molecular weight excluding hydrogens is 292 g/mol. The van der Waals surface area contributed by atoms with Crippen LogP contribution in [0.15, 0.2) is 18.2 Å². The molecule has 0 saturated carbocycles. The third-order valence-electron chi connectivity index (χ3n) is 4.15. The molecule has 0 N–H and O–H groups in total. The van der Waals surface area contributed by atoms with Crippen LogP contribution in [0.4, 0.5) is 4.79 Å². The third kappa shape index (κ3) is 4.24. The molecule has 0 aromatic heterocycles. The zero-order valence-corrected chi connectivity index (χ0v) is 14.3. The number of amides is 1. The molecule has 23 heavy (non-hydrogen) atoms. The van der Waals surface area contributed by atoms with Gasteiger partial charge in [-0.2, -0.15) is 0 Å². The standard InChI is InChI=1S/C18H26N2O3/c1-18(2,3)23-17(21)20-12-15-5-4-14(10-16(15)13-20)11-19-6-8-22-9-7-19/h4-5,10H,6-9,11-13H2,1-3H3. The normalized spacial score (nSPS) is 18.8. The molecule has 5 heteroatoms. The second kappa shape index (κ2) is 6.49. The average Bonchev–Trinajstić information content (AvgIpc) is 2.90. The van der Waals surface area contributed by atoms with E-state index in [1.165, 1.54) is 16.7 Å². The van der Waals surface area contributed by atoms with Crippen molar-refractivity contribution in [1.29, 1.82) is 0 Å². The second-order valence-corrected chi connectivity index (χ2v) is 7.33. The van der Waals surface area contributed by atoms with Gasteiger partial charge < -0.3 is 9.47 Å². The summed E-state index contributed by atoms with van der Waals surface area (Å²) in [5.74, 6) is 0. The molecule has 0 unspecified atom stereocenters. The van der Waals surface area contributed by atoms with Crippen molar-refractivity contribution in [1.82, 2.24) is 9.80 Å². The quantitative estimate of drug-likeness (QED) is 0.841. The number of carbonyl (C=O) groups excluding carboxylic acids is 1. The first kappa shape index (κ1) is 16.3. The van der Waals surface area contributed by atoms with Crippen molar-refractivity contribution in [3.05, 3.63) is 34.9 Å². The minimum atomic E-state index is -0.451. The SMILES string of the molecule is CC(C)(C)OC(=O)N1Cc2ccc(CN3CCOCC3)cc2C1. The molecule has 3 rings (SSSR count). The van der Waals surface area contributed by atoms with Gasteiger partial charge in [0.25, 0.3) is 0 Å². The molecule has 1 saturated heterocycles. The molecule has 0 atom stereocenters. The van der Waals surface area contributed by atoms with Gasteiger partial charge in [-0.3, -0.25) is 9.80 Å². The van der Waals surface area contributed by atoms with Crippen molar-refractivity contribution >= 4 is 6.09 Å². The molecule has 5 nitrogen and oxygen atoms in total. The monoisotopic (exact) mass is 318 g/mol. The van der Waals surface area contributed by atoms with E-state index in [0.29, 0.717) is 13.1 Å². The highest BCUT2D eigenvalue weighted by molar-refractivity contribution is 5.69. The van der Waals surface area contributed by atoms with Crippen LogP contribution < -0.4 is 0 Å². The summed E-state index contributed by atoms with van der Waals surface area (Å²) in [6.07, 6.45) is -0.233. The number of hydrogen-bond acceptors (Lipinski definition) is 4. The number of morpholine rings is 1. The van der Waals surface area contributed by atoms with Gasteiger partial charge in [0.1, 0.15) is 5.60 Å². The Hall–Kier alpha value is -1.59. The van der Waals surface area contributed by atoms with Crippen LogP contribution in [0.2, 0.25) is 0 Å². The van der Waals surface area contributed by atoms with E-state index in [9.17, 15) is 4.79 Å². The van der Waals surface area contributed by atoms with Crippen molar-refractivity contribution in [2.24, 2.45) is 0 Å². The Morgan fingerprint density at radius 3 is 2.57 bits per heavy atom. The van der Waals surface area contributed by atoms with Crippen LogP contribution in [-0.4, -0.2) is 47.8 Å². The van der Waals surface area contributed by atoms with Crippen LogP contribution in [0.3, 0.4) is 0 Å². The minimum Gasteiger partial charge on any atom is -0.444 e. The van der Waals surface area contributed by atoms with E-state index < -0.39 is 5.60 Å². The molecular formula is C18H26N2O3. The van der Waals surface area contributed by atoms with E-state index in [4.69, 9.17) is 9.47 Å². The zero-order valence-electron chi connectivity index (χ0n) is 14.3. The van der Waals surface area contributed by atoms with Crippen molar-refractivity contribution in [3.8, 4) is 0 Å². The molecule has 0 spiro atoms. The largest absolute Gasteiger partial charge is 0.444 e. The van der Waals surface area contributed by atoms with Crippen molar-refractivity contribution in [3.63, 3.8) is 0 Å². The van der Waals surface area contributed by atoms with Gasteiger partial charge >= 0.3 is 6.09 Å². The predicted octanol–water partition coefficient (Wildman–Crippen LogP) is 2.77. The molecule has 0 aliphatic carbocycles. The highest BCUT2D eigenvalue weighted by Crippen LogP contribution is 2.26. The van der Waals surface area contributed by atoms with Gasteiger partial charge in [-0.1, -0.05) is 18.2 Å². The lowest BCUT2D eigenvalue weighted by atomic mass is 10.1. The zero-order chi connectivity index (χ0) is 16.4. The van der Waals surface area contributed by atoms with Gasteiger partial charge in [0.05, 0.1) is 13.2 Å².